The molecule has 0 aromatic rings. The number of amides is 1. The molecule has 6 heteroatoms. The van der Waals surface area contributed by atoms with Crippen LogP contribution in [-0.2, 0) is 9.53 Å². The summed E-state index contributed by atoms with van der Waals surface area (Å²) in [6, 6.07) is 0. The van der Waals surface area contributed by atoms with E-state index in [-0.39, 0.29) is 26.0 Å². The van der Waals surface area contributed by atoms with Gasteiger partial charge in [-0.25, -0.2) is 4.79 Å². The van der Waals surface area contributed by atoms with E-state index in [4.69, 9.17) is 9.84 Å². The van der Waals surface area contributed by atoms with E-state index >= 15 is 0 Å². The highest BCUT2D eigenvalue weighted by Gasteiger charge is 2.23. The maximum absolute atomic E-state index is 11.3. The van der Waals surface area contributed by atoms with E-state index < -0.39 is 23.6 Å². The van der Waals surface area contributed by atoms with Gasteiger partial charge in [-0.2, -0.15) is 13.5 Å². The molecule has 0 fully saturated rings. The molecule has 0 aliphatic heterocycles. The number of carboxylic acid groups (broad SMARTS) is 1. The zero-order valence-electron chi connectivity index (χ0n) is 11.0. The number of alkyl carbamates (subject to hydrolysis) is 1. The van der Waals surface area contributed by atoms with Crippen molar-refractivity contribution in [2.45, 2.75) is 40.2 Å². The largest absolute Gasteiger partial charge is 0.481 e. The van der Waals surface area contributed by atoms with Crippen molar-refractivity contribution < 1.29 is 19.4 Å². The van der Waals surface area contributed by atoms with E-state index in [1.165, 1.54) is 0 Å². The number of hydrogen-bond donors (Lipinski definition) is 2. The Balaban J connectivity index is 0. The lowest BCUT2D eigenvalue weighted by atomic mass is 9.96. The Kier molecular flexibility index (Phi) is 8.06. The molecule has 0 unspecified atom stereocenters. The Morgan fingerprint density at radius 2 is 1.76 bits per heavy atom. The summed E-state index contributed by atoms with van der Waals surface area (Å²) < 4.78 is 5.00. The van der Waals surface area contributed by atoms with Gasteiger partial charge in [0.2, 0.25) is 0 Å². The molecular weight excluding hydrogens is 242 g/mol. The van der Waals surface area contributed by atoms with Crippen molar-refractivity contribution in [3.63, 3.8) is 0 Å². The van der Waals surface area contributed by atoms with Crippen molar-refractivity contribution >= 4 is 25.6 Å². The first kappa shape index (κ1) is 18.5. The molecule has 0 bridgehead atoms. The summed E-state index contributed by atoms with van der Waals surface area (Å²) in [5.74, 6) is -1.54. The quantitative estimate of drug-likeness (QED) is 0.815. The molecule has 0 saturated heterocycles. The molecule has 17 heavy (non-hydrogen) atoms. The summed E-state index contributed by atoms with van der Waals surface area (Å²) in [6.07, 6.45) is -0.584. The van der Waals surface area contributed by atoms with E-state index in [9.17, 15) is 9.59 Å². The Morgan fingerprint density at radius 3 is 2.06 bits per heavy atom. The molecule has 0 aromatic carbocycles. The predicted molar refractivity (Wildman–Crippen MR) is 70.6 cm³/mol. The van der Waals surface area contributed by atoms with Crippen LogP contribution >= 0.6 is 13.5 Å². The zero-order chi connectivity index (χ0) is 12.9. The number of aliphatic carboxylic acids is 1. The fourth-order valence-corrected chi connectivity index (χ4v) is 1.12. The van der Waals surface area contributed by atoms with Crippen LogP contribution in [0.5, 0.6) is 0 Å². The topological polar surface area (TPSA) is 75.6 Å². The monoisotopic (exact) mass is 265 g/mol. The Labute approximate surface area is 109 Å². The summed E-state index contributed by atoms with van der Waals surface area (Å²) in [5.41, 5.74) is -0.569. The second kappa shape index (κ2) is 7.42. The molecule has 0 aliphatic carbocycles. The molecule has 0 aliphatic rings. The van der Waals surface area contributed by atoms with Crippen molar-refractivity contribution in [3.05, 3.63) is 0 Å². The first-order chi connectivity index (χ1) is 7.13. The first-order valence-corrected chi connectivity index (χ1v) is 5.33. The van der Waals surface area contributed by atoms with Crippen molar-refractivity contribution in [2.24, 2.45) is 11.8 Å². The third-order valence-corrected chi connectivity index (χ3v) is 1.99. The van der Waals surface area contributed by atoms with Crippen molar-refractivity contribution in [1.29, 1.82) is 0 Å². The standard InChI is InChI=1S/C11H21NO4.H2S/c1-7(2)8(9(13)14)6-12-10(15)16-11(3,4)5;/h7-8H,6H2,1-5H3,(H,12,15)(H,13,14);1H2/t8-;/m1./s1. The van der Waals surface area contributed by atoms with Crippen molar-refractivity contribution in [2.75, 3.05) is 6.54 Å². The fraction of sp³-hybridized carbons (Fsp3) is 0.818. The van der Waals surface area contributed by atoms with Gasteiger partial charge in [0.1, 0.15) is 5.60 Å². The summed E-state index contributed by atoms with van der Waals surface area (Å²) in [5, 5.41) is 11.4. The van der Waals surface area contributed by atoms with Gasteiger partial charge in [-0.15, -0.1) is 0 Å². The smallest absolute Gasteiger partial charge is 0.407 e. The molecule has 1 amide bonds. The van der Waals surface area contributed by atoms with E-state index in [1.54, 1.807) is 34.6 Å². The second-order valence-corrected chi connectivity index (χ2v) is 5.07. The lowest BCUT2D eigenvalue weighted by molar-refractivity contribution is -0.142. The van der Waals surface area contributed by atoms with Crippen LogP contribution in [0.4, 0.5) is 4.79 Å². The molecular formula is C11H23NO4S. The van der Waals surface area contributed by atoms with Gasteiger partial charge < -0.3 is 15.2 Å². The summed E-state index contributed by atoms with van der Waals surface area (Å²) in [7, 11) is 0. The number of carboxylic acids is 1. The van der Waals surface area contributed by atoms with Gasteiger partial charge in [0.25, 0.3) is 0 Å². The van der Waals surface area contributed by atoms with Crippen LogP contribution < -0.4 is 5.32 Å². The third-order valence-electron chi connectivity index (χ3n) is 1.99. The Morgan fingerprint density at radius 1 is 1.29 bits per heavy atom. The average Bonchev–Trinajstić information content (AvgIpc) is 1.98. The van der Waals surface area contributed by atoms with Gasteiger partial charge in [-0.1, -0.05) is 13.8 Å². The molecule has 5 nitrogen and oxygen atoms in total. The summed E-state index contributed by atoms with van der Waals surface area (Å²) in [6.45, 7) is 8.95. The van der Waals surface area contributed by atoms with Gasteiger partial charge in [-0.3, -0.25) is 4.79 Å². The fourth-order valence-electron chi connectivity index (χ4n) is 1.12. The number of hydrogen-bond acceptors (Lipinski definition) is 3. The Bertz CT molecular complexity index is 261. The summed E-state index contributed by atoms with van der Waals surface area (Å²) >= 11 is 0. The van der Waals surface area contributed by atoms with Crippen LogP contribution in [0.1, 0.15) is 34.6 Å². The number of nitrogens with one attached hydrogen (secondary N) is 1. The van der Waals surface area contributed by atoms with Crippen molar-refractivity contribution in [1.82, 2.24) is 5.32 Å². The van der Waals surface area contributed by atoms with E-state index in [0.29, 0.717) is 0 Å². The molecule has 0 radical (unpaired) electrons. The minimum absolute atomic E-state index is 0. The lowest BCUT2D eigenvalue weighted by Gasteiger charge is -2.21. The number of rotatable bonds is 4. The highest BCUT2D eigenvalue weighted by molar-refractivity contribution is 7.59. The molecule has 2 N–H and O–H groups in total. The van der Waals surface area contributed by atoms with Crippen LogP contribution in [0, 0.1) is 11.8 Å². The van der Waals surface area contributed by atoms with Crippen LogP contribution in [0.25, 0.3) is 0 Å². The molecule has 102 valence electrons. The minimum Gasteiger partial charge on any atom is -0.481 e. The molecule has 0 aromatic heterocycles. The first-order valence-electron chi connectivity index (χ1n) is 5.33. The van der Waals surface area contributed by atoms with Crippen LogP contribution in [0.15, 0.2) is 0 Å². The third kappa shape index (κ3) is 8.85. The minimum atomic E-state index is -0.911. The van der Waals surface area contributed by atoms with E-state index in [1.807, 2.05) is 0 Å². The van der Waals surface area contributed by atoms with Crippen LogP contribution in [0.3, 0.4) is 0 Å². The lowest BCUT2D eigenvalue weighted by Crippen LogP contribution is -2.38. The molecule has 0 rings (SSSR count). The van der Waals surface area contributed by atoms with E-state index in [0.717, 1.165) is 0 Å². The average molecular weight is 265 g/mol. The van der Waals surface area contributed by atoms with Gasteiger partial charge in [0.05, 0.1) is 5.92 Å². The van der Waals surface area contributed by atoms with Crippen LogP contribution in [-0.4, -0.2) is 29.3 Å². The van der Waals surface area contributed by atoms with E-state index in [2.05, 4.69) is 5.32 Å². The number of carbonyl (C=O) groups excluding carboxylic acids is 1. The van der Waals surface area contributed by atoms with Crippen molar-refractivity contribution in [3.8, 4) is 0 Å². The molecule has 0 heterocycles. The molecule has 1 atom stereocenters. The zero-order valence-corrected chi connectivity index (χ0v) is 12.0. The van der Waals surface area contributed by atoms with Gasteiger partial charge in [-0.05, 0) is 26.7 Å². The number of ether oxygens (including phenoxy) is 1. The molecule has 0 spiro atoms. The van der Waals surface area contributed by atoms with Gasteiger partial charge in [0, 0.05) is 6.54 Å². The van der Waals surface area contributed by atoms with Crippen LogP contribution in [0.2, 0.25) is 0 Å². The second-order valence-electron chi connectivity index (χ2n) is 5.07. The maximum Gasteiger partial charge on any atom is 0.407 e. The molecule has 0 saturated carbocycles. The SMILES string of the molecule is CC(C)[C@@H](CNC(=O)OC(C)(C)C)C(=O)O.S. The summed E-state index contributed by atoms with van der Waals surface area (Å²) in [4.78, 5) is 22.1. The highest BCUT2D eigenvalue weighted by Crippen LogP contribution is 2.11. The maximum atomic E-state index is 11.3. The predicted octanol–water partition coefficient (Wildman–Crippen LogP) is 1.98. The normalized spacial score (nSPS) is 12.6. The Hall–Kier alpha value is -0.910. The van der Waals surface area contributed by atoms with Gasteiger partial charge in [0.15, 0.2) is 0 Å². The van der Waals surface area contributed by atoms with Gasteiger partial charge >= 0.3 is 12.1 Å². The highest BCUT2D eigenvalue weighted by atomic mass is 32.1. The number of carbonyl (C=O) groups is 2.